The van der Waals surface area contributed by atoms with Crippen LogP contribution in [0.3, 0.4) is 0 Å². The molecule has 0 saturated heterocycles. The van der Waals surface area contributed by atoms with Crippen LogP contribution in [0.2, 0.25) is 0 Å². The molecule has 0 heterocycles. The van der Waals surface area contributed by atoms with E-state index in [1.165, 1.54) is 24.6 Å². The third-order valence-electron chi connectivity index (χ3n) is 8.78. The van der Waals surface area contributed by atoms with E-state index in [1.807, 2.05) is 86.6 Å². The number of nitrogens with zero attached hydrogens (tertiary/aromatic N) is 2. The predicted octanol–water partition coefficient (Wildman–Crippen LogP) is 7.86. The minimum Gasteiger partial charge on any atom is -0.504 e. The third-order valence-corrected chi connectivity index (χ3v) is 8.78. The Balaban J connectivity index is 0.00000234. The Morgan fingerprint density at radius 1 is 0.571 bits per heavy atom. The van der Waals surface area contributed by atoms with Crippen molar-refractivity contribution >= 4 is 34.0 Å². The first kappa shape index (κ1) is 35.3. The van der Waals surface area contributed by atoms with Crippen LogP contribution < -0.4 is 9.47 Å². The summed E-state index contributed by atoms with van der Waals surface area (Å²) in [4.78, 5) is 10.4. The van der Waals surface area contributed by atoms with Crippen molar-refractivity contribution in [3.8, 4) is 45.6 Å². The summed E-state index contributed by atoms with van der Waals surface area (Å²) in [6.45, 7) is 3.91. The second-order valence-electron chi connectivity index (χ2n) is 11.7. The summed E-state index contributed by atoms with van der Waals surface area (Å²) in [5.74, 6) is 0.0248. The maximum absolute atomic E-state index is 11.1. The van der Waals surface area contributed by atoms with Crippen LogP contribution in [0, 0.1) is 13.8 Å². The minimum absolute atomic E-state index is 0. The van der Waals surface area contributed by atoms with Gasteiger partial charge >= 0.3 is 0 Å². The summed E-state index contributed by atoms with van der Waals surface area (Å²) in [7, 11) is 3.21. The van der Waals surface area contributed by atoms with Crippen molar-refractivity contribution in [3.05, 3.63) is 118 Å². The van der Waals surface area contributed by atoms with Crippen LogP contribution in [0.4, 0.5) is 0 Å². The van der Waals surface area contributed by atoms with Gasteiger partial charge in [0.15, 0.2) is 23.0 Å². The first-order valence-corrected chi connectivity index (χ1v) is 15.0. The first-order chi connectivity index (χ1) is 22.7. The van der Waals surface area contributed by atoms with Crippen molar-refractivity contribution in [3.63, 3.8) is 0 Å². The van der Waals surface area contributed by atoms with E-state index in [4.69, 9.17) is 19.5 Å². The molecule has 0 aromatic heterocycles. The number of phenols is 4. The van der Waals surface area contributed by atoms with Crippen LogP contribution in [0.1, 0.15) is 33.4 Å². The topological polar surface area (TPSA) is 124 Å². The van der Waals surface area contributed by atoms with Crippen molar-refractivity contribution < 1.29 is 62.9 Å². The van der Waals surface area contributed by atoms with Crippen LogP contribution in [-0.4, -0.2) is 47.1 Å². The number of hydrogen-bond acceptors (Lipinski definition) is 8. The molecule has 8 nitrogen and oxygen atoms in total. The van der Waals surface area contributed by atoms with Gasteiger partial charge in [0.2, 0.25) is 5.66 Å². The van der Waals surface area contributed by atoms with Crippen LogP contribution in [0.25, 0.3) is 32.7 Å². The zero-order valence-electron chi connectivity index (χ0n) is 26.9. The molecule has 7 rings (SSSR count). The Labute approximate surface area is 303 Å². The summed E-state index contributed by atoms with van der Waals surface area (Å²) in [5.41, 5.74) is 3.81. The molecule has 0 unspecified atom stereocenters. The second kappa shape index (κ2) is 13.5. The number of aromatic hydroxyl groups is 4. The maximum atomic E-state index is 11.1. The molecule has 0 fully saturated rings. The third kappa shape index (κ3) is 5.65. The Morgan fingerprint density at radius 3 is 1.35 bits per heavy atom. The number of methoxy groups -OCH3 is 2. The molecular weight excluding hydrogens is 710 g/mol. The SMILES string of the molecule is COc1cc(C)cc2c1-c1c(OC)cc(C)cc1C2(/N=C/c1c(O)c(O)cc2ccccc12)/N=C/c1c(O)c(O)cc2ccccc12.[Ni].[Ni]. The number of benzene rings is 6. The van der Waals surface area contributed by atoms with Gasteiger partial charge in [-0.1, -0.05) is 60.7 Å². The van der Waals surface area contributed by atoms with Crippen LogP contribution in [0.15, 0.2) is 94.9 Å². The van der Waals surface area contributed by atoms with E-state index < -0.39 is 5.66 Å². The number of fused-ring (bicyclic) bond motifs is 5. The van der Waals surface area contributed by atoms with Crippen LogP contribution in [0.5, 0.6) is 34.5 Å². The van der Waals surface area contributed by atoms with E-state index >= 15 is 0 Å². The fourth-order valence-corrected chi connectivity index (χ4v) is 6.63. The molecule has 1 aliphatic rings. The van der Waals surface area contributed by atoms with Gasteiger partial charge in [-0.05, 0) is 70.8 Å². The molecule has 0 saturated carbocycles. The van der Waals surface area contributed by atoms with Gasteiger partial charge in [-0.15, -0.1) is 0 Å². The van der Waals surface area contributed by atoms with E-state index in [2.05, 4.69) is 0 Å². The zero-order chi connectivity index (χ0) is 33.0. The van der Waals surface area contributed by atoms with E-state index in [0.29, 0.717) is 44.5 Å². The molecule has 6 aromatic carbocycles. The molecule has 0 spiro atoms. The number of aliphatic imine (C=N–C) groups is 2. The molecule has 0 radical (unpaired) electrons. The molecule has 0 amide bonds. The smallest absolute Gasteiger partial charge is 0.202 e. The van der Waals surface area contributed by atoms with Gasteiger partial charge in [0.25, 0.3) is 0 Å². The van der Waals surface area contributed by atoms with Gasteiger partial charge < -0.3 is 29.9 Å². The van der Waals surface area contributed by atoms with Gasteiger partial charge in [-0.25, -0.2) is 0 Å². The molecule has 10 heteroatoms. The first-order valence-electron chi connectivity index (χ1n) is 15.0. The van der Waals surface area contributed by atoms with Crippen molar-refractivity contribution in [2.45, 2.75) is 19.5 Å². The molecule has 4 N–H and O–H groups in total. The molecule has 1 aliphatic carbocycles. The summed E-state index contributed by atoms with van der Waals surface area (Å²) in [6.07, 6.45) is 3.05. The van der Waals surface area contributed by atoms with Gasteiger partial charge in [-0.3, -0.25) is 9.98 Å². The number of phenolic OH excluding ortho intramolecular Hbond substituents is 4. The number of rotatable bonds is 6. The largest absolute Gasteiger partial charge is 0.504 e. The standard InChI is InChI=1S/C39H32N2O6.2Ni/c1-21-13-29-35(33(15-21)46-3)36-30(14-22(2)16-34(36)47-4)39(29,40-19-27-25-11-7-5-9-23(25)17-31(42)37(27)44)41-20-28-26-12-8-6-10-24(26)18-32(43)38(28)45;;/h5-20,42-45H,1-4H3;;/b40-19+,41-20+;;. The normalized spacial score (nSPS) is 12.9. The second-order valence-corrected chi connectivity index (χ2v) is 11.7. The Bertz CT molecular complexity index is 2160. The molecular formula is C39H32N2Ni2O6. The van der Waals surface area contributed by atoms with E-state index in [9.17, 15) is 20.4 Å². The van der Waals surface area contributed by atoms with Crippen LogP contribution >= 0.6 is 0 Å². The van der Waals surface area contributed by atoms with Gasteiger partial charge in [0.05, 0.1) is 14.2 Å². The van der Waals surface area contributed by atoms with Crippen molar-refractivity contribution in [1.29, 1.82) is 0 Å². The number of ether oxygens (including phenoxy) is 2. The predicted molar refractivity (Wildman–Crippen MR) is 185 cm³/mol. The summed E-state index contributed by atoms with van der Waals surface area (Å²) in [5, 5.41) is 46.4. The monoisotopic (exact) mass is 740 g/mol. The van der Waals surface area contributed by atoms with Crippen LogP contribution in [-0.2, 0) is 38.6 Å². The zero-order valence-corrected chi connectivity index (χ0v) is 28.8. The fourth-order valence-electron chi connectivity index (χ4n) is 6.63. The van der Waals surface area contributed by atoms with Crippen molar-refractivity contribution in [2.24, 2.45) is 9.98 Å². The van der Waals surface area contributed by atoms with Crippen molar-refractivity contribution in [2.75, 3.05) is 14.2 Å². The van der Waals surface area contributed by atoms with Gasteiger partial charge in [0, 0.05) is 78.8 Å². The molecule has 254 valence electrons. The fraction of sp³-hybridized carbons (Fsp3) is 0.128. The maximum Gasteiger partial charge on any atom is 0.202 e. The summed E-state index contributed by atoms with van der Waals surface area (Å²) >= 11 is 0. The number of hydrogen-bond donors (Lipinski definition) is 4. The molecule has 6 aromatic rings. The molecule has 0 bridgehead atoms. The molecule has 49 heavy (non-hydrogen) atoms. The summed E-state index contributed by atoms with van der Waals surface area (Å²) in [6, 6.07) is 25.7. The Kier molecular flexibility index (Phi) is 9.69. The molecule has 0 aliphatic heterocycles. The van der Waals surface area contributed by atoms with E-state index in [1.54, 1.807) is 14.2 Å². The average Bonchev–Trinajstić information content (AvgIpc) is 3.33. The van der Waals surface area contributed by atoms with E-state index in [0.717, 1.165) is 33.0 Å². The Morgan fingerprint density at radius 2 is 0.959 bits per heavy atom. The Hall–Kier alpha value is -5.03. The molecule has 0 atom stereocenters. The van der Waals surface area contributed by atoms with E-state index in [-0.39, 0.29) is 56.0 Å². The quantitative estimate of drug-likeness (QED) is 0.0783. The summed E-state index contributed by atoms with van der Waals surface area (Å²) < 4.78 is 11.8. The number of aryl methyl sites for hydroxylation is 2. The average molecular weight is 742 g/mol. The van der Waals surface area contributed by atoms with Crippen molar-refractivity contribution in [1.82, 2.24) is 0 Å². The van der Waals surface area contributed by atoms with Gasteiger partial charge in [-0.2, -0.15) is 0 Å². The van der Waals surface area contributed by atoms with Gasteiger partial charge in [0.1, 0.15) is 11.5 Å². The minimum atomic E-state index is -1.48.